The highest BCUT2D eigenvalue weighted by Crippen LogP contribution is 2.26. The Hall–Kier alpha value is -2.21. The van der Waals surface area contributed by atoms with Crippen molar-refractivity contribution in [1.82, 2.24) is 0 Å². The highest BCUT2D eigenvalue weighted by Gasteiger charge is 2.09. The van der Waals surface area contributed by atoms with Gasteiger partial charge in [-0.3, -0.25) is 4.72 Å². The summed E-state index contributed by atoms with van der Waals surface area (Å²) < 4.78 is 26.2. The van der Waals surface area contributed by atoms with Crippen molar-refractivity contribution >= 4 is 32.8 Å². The Morgan fingerprint density at radius 2 is 1.54 bits per heavy atom. The molecule has 0 bridgehead atoms. The van der Waals surface area contributed by atoms with E-state index < -0.39 is 10.0 Å². The zero-order chi connectivity index (χ0) is 19.2. The van der Waals surface area contributed by atoms with Crippen molar-refractivity contribution in [2.45, 2.75) is 34.1 Å². The van der Waals surface area contributed by atoms with E-state index >= 15 is 0 Å². The maximum Gasteiger partial charge on any atom is 0.232 e. The predicted molar refractivity (Wildman–Crippen MR) is 112 cm³/mol. The maximum absolute atomic E-state index is 11.8. The quantitative estimate of drug-likeness (QED) is 0.665. The summed E-state index contributed by atoms with van der Waals surface area (Å²) in [4.78, 5) is 2.31. The molecule has 142 valence electrons. The van der Waals surface area contributed by atoms with Crippen LogP contribution in [0.25, 0.3) is 0 Å². The molecule has 0 aliphatic heterocycles. The number of nitrogens with zero attached hydrogens (tertiary/aromatic N) is 1. The standard InChI is InChI=1S/C20H29N3O2S/c1-5-14-26(24,25)22-18-10-8-17(9-11-18)21-20-13-12-19(15-16(20)4)23(6-2)7-3/h8-13,15,21-22H,5-7,14H2,1-4H3. The number of hydrogen-bond donors (Lipinski definition) is 2. The van der Waals surface area contributed by atoms with E-state index in [0.29, 0.717) is 12.1 Å². The van der Waals surface area contributed by atoms with Crippen LogP contribution in [0.5, 0.6) is 0 Å². The summed E-state index contributed by atoms with van der Waals surface area (Å²) in [5.41, 5.74) is 4.93. The van der Waals surface area contributed by atoms with E-state index in [1.807, 2.05) is 19.1 Å². The summed E-state index contributed by atoms with van der Waals surface area (Å²) in [7, 11) is -3.26. The Kier molecular flexibility index (Phi) is 6.91. The van der Waals surface area contributed by atoms with Crippen LogP contribution in [0.3, 0.4) is 0 Å². The monoisotopic (exact) mass is 375 g/mol. The summed E-state index contributed by atoms with van der Waals surface area (Å²) in [6.45, 7) is 10.2. The molecule has 0 fully saturated rings. The minimum absolute atomic E-state index is 0.130. The first-order chi connectivity index (χ1) is 12.4. The normalized spacial score (nSPS) is 11.2. The van der Waals surface area contributed by atoms with Crippen LogP contribution in [-0.4, -0.2) is 27.3 Å². The van der Waals surface area contributed by atoms with Gasteiger partial charge in [0.2, 0.25) is 10.0 Å². The lowest BCUT2D eigenvalue weighted by Crippen LogP contribution is -2.21. The van der Waals surface area contributed by atoms with Crippen LogP contribution in [0.1, 0.15) is 32.8 Å². The number of anilines is 4. The number of rotatable bonds is 9. The molecule has 0 radical (unpaired) electrons. The zero-order valence-corrected chi connectivity index (χ0v) is 16.9. The summed E-state index contributed by atoms with van der Waals surface area (Å²) >= 11 is 0. The minimum Gasteiger partial charge on any atom is -0.372 e. The number of nitrogens with one attached hydrogen (secondary N) is 2. The maximum atomic E-state index is 11.8. The van der Waals surface area contributed by atoms with E-state index in [1.54, 1.807) is 12.1 Å². The van der Waals surface area contributed by atoms with Crippen molar-refractivity contribution in [3.63, 3.8) is 0 Å². The molecule has 0 unspecified atom stereocenters. The van der Waals surface area contributed by atoms with Crippen LogP contribution < -0.4 is 14.9 Å². The van der Waals surface area contributed by atoms with Gasteiger partial charge in [0.15, 0.2) is 0 Å². The predicted octanol–water partition coefficient (Wildman–Crippen LogP) is 4.74. The Morgan fingerprint density at radius 1 is 0.923 bits per heavy atom. The van der Waals surface area contributed by atoms with Crippen LogP contribution in [0.4, 0.5) is 22.7 Å². The molecular weight excluding hydrogens is 346 g/mol. The van der Waals surface area contributed by atoms with E-state index in [2.05, 4.69) is 53.9 Å². The van der Waals surface area contributed by atoms with Crippen LogP contribution in [0, 0.1) is 6.92 Å². The average molecular weight is 376 g/mol. The SMILES string of the molecule is CCCS(=O)(=O)Nc1ccc(Nc2ccc(N(CC)CC)cc2C)cc1. The molecule has 0 aliphatic carbocycles. The minimum atomic E-state index is -3.26. The molecule has 2 aromatic rings. The molecule has 6 heteroatoms. The fourth-order valence-electron chi connectivity index (χ4n) is 2.85. The number of sulfonamides is 1. The second kappa shape index (κ2) is 8.94. The molecule has 5 nitrogen and oxygen atoms in total. The van der Waals surface area contributed by atoms with E-state index in [1.165, 1.54) is 11.3 Å². The first-order valence-corrected chi connectivity index (χ1v) is 10.8. The fraction of sp³-hybridized carbons (Fsp3) is 0.400. The number of hydrogen-bond acceptors (Lipinski definition) is 4. The van der Waals surface area contributed by atoms with Gasteiger partial charge in [-0.2, -0.15) is 0 Å². The van der Waals surface area contributed by atoms with E-state index in [-0.39, 0.29) is 5.75 Å². The van der Waals surface area contributed by atoms with E-state index in [0.717, 1.165) is 24.5 Å². The first-order valence-electron chi connectivity index (χ1n) is 9.11. The van der Waals surface area contributed by atoms with Crippen molar-refractivity contribution < 1.29 is 8.42 Å². The summed E-state index contributed by atoms with van der Waals surface area (Å²) in [5, 5.41) is 3.39. The highest BCUT2D eigenvalue weighted by atomic mass is 32.2. The Morgan fingerprint density at radius 3 is 2.08 bits per heavy atom. The van der Waals surface area contributed by atoms with E-state index in [9.17, 15) is 8.42 Å². The summed E-state index contributed by atoms with van der Waals surface area (Å²) in [5.74, 6) is 0.130. The molecule has 0 atom stereocenters. The third kappa shape index (κ3) is 5.39. The van der Waals surface area contributed by atoms with Gasteiger partial charge in [-0.25, -0.2) is 8.42 Å². The Bertz CT molecular complexity index is 813. The topological polar surface area (TPSA) is 61.4 Å². The van der Waals surface area contributed by atoms with Gasteiger partial charge in [0.25, 0.3) is 0 Å². The van der Waals surface area contributed by atoms with Crippen LogP contribution >= 0.6 is 0 Å². The lowest BCUT2D eigenvalue weighted by atomic mass is 10.1. The van der Waals surface area contributed by atoms with Crippen molar-refractivity contribution in [1.29, 1.82) is 0 Å². The third-order valence-corrected chi connectivity index (χ3v) is 5.74. The van der Waals surface area contributed by atoms with Gasteiger partial charge in [-0.05, 0) is 75.2 Å². The molecule has 2 N–H and O–H groups in total. The van der Waals surface area contributed by atoms with Gasteiger partial charge in [-0.15, -0.1) is 0 Å². The van der Waals surface area contributed by atoms with Gasteiger partial charge in [0.05, 0.1) is 5.75 Å². The van der Waals surface area contributed by atoms with Gasteiger partial charge in [-0.1, -0.05) is 6.92 Å². The molecule has 26 heavy (non-hydrogen) atoms. The first kappa shape index (κ1) is 20.1. The number of benzene rings is 2. The molecule has 0 amide bonds. The zero-order valence-electron chi connectivity index (χ0n) is 16.0. The molecule has 0 saturated heterocycles. The fourth-order valence-corrected chi connectivity index (χ4v) is 3.98. The van der Waals surface area contributed by atoms with Gasteiger partial charge in [0, 0.05) is 35.8 Å². The number of aryl methyl sites for hydroxylation is 1. The second-order valence-corrected chi connectivity index (χ2v) is 8.14. The highest BCUT2D eigenvalue weighted by molar-refractivity contribution is 7.92. The molecule has 0 heterocycles. The molecule has 0 aliphatic rings. The van der Waals surface area contributed by atoms with Gasteiger partial charge >= 0.3 is 0 Å². The molecule has 2 rings (SSSR count). The lowest BCUT2D eigenvalue weighted by Gasteiger charge is -2.22. The molecule has 2 aromatic carbocycles. The van der Waals surface area contributed by atoms with Crippen LogP contribution in [0.2, 0.25) is 0 Å². The second-order valence-electron chi connectivity index (χ2n) is 6.29. The average Bonchev–Trinajstić information content (AvgIpc) is 2.59. The van der Waals surface area contributed by atoms with E-state index in [4.69, 9.17) is 0 Å². The van der Waals surface area contributed by atoms with Crippen molar-refractivity contribution in [3.05, 3.63) is 48.0 Å². The van der Waals surface area contributed by atoms with Gasteiger partial charge in [0.1, 0.15) is 0 Å². The summed E-state index contributed by atoms with van der Waals surface area (Å²) in [6.07, 6.45) is 0.595. The smallest absolute Gasteiger partial charge is 0.232 e. The Labute approximate surface area is 157 Å². The lowest BCUT2D eigenvalue weighted by molar-refractivity contribution is 0.600. The van der Waals surface area contributed by atoms with Crippen molar-refractivity contribution in [2.24, 2.45) is 0 Å². The van der Waals surface area contributed by atoms with Crippen LogP contribution in [-0.2, 0) is 10.0 Å². The van der Waals surface area contributed by atoms with Crippen molar-refractivity contribution in [3.8, 4) is 0 Å². The van der Waals surface area contributed by atoms with Crippen LogP contribution in [0.15, 0.2) is 42.5 Å². The van der Waals surface area contributed by atoms with Gasteiger partial charge < -0.3 is 10.2 Å². The third-order valence-electron chi connectivity index (χ3n) is 4.25. The molecule has 0 saturated carbocycles. The molecule has 0 spiro atoms. The Balaban J connectivity index is 2.09. The van der Waals surface area contributed by atoms with Crippen molar-refractivity contribution in [2.75, 3.05) is 33.8 Å². The molecule has 0 aromatic heterocycles. The summed E-state index contributed by atoms with van der Waals surface area (Å²) in [6, 6.07) is 13.7. The largest absolute Gasteiger partial charge is 0.372 e. The molecular formula is C20H29N3O2S.